The van der Waals surface area contributed by atoms with Crippen LogP contribution in [-0.4, -0.2) is 13.0 Å². The Morgan fingerprint density at radius 3 is 2.19 bits per heavy atom. The van der Waals surface area contributed by atoms with Crippen LogP contribution >= 0.6 is 0 Å². The van der Waals surface area contributed by atoms with Crippen LogP contribution in [0.2, 0.25) is 0 Å². The molecule has 0 fully saturated rings. The molecule has 0 N–H and O–H groups in total. The number of fused-ring (bicyclic) bond motifs is 1. The standard InChI is InChI=1S/C16H20O3S.K/c1-3-5-12-7-8-13-9-10-16(20(17,18)19)14(6-4-2)15(13)11-12;/h7-11H,3-6H2,1-2H3,(H,17,18,19);/q;+1/p-1. The zero-order valence-electron chi connectivity index (χ0n) is 12.8. The van der Waals surface area contributed by atoms with E-state index in [0.29, 0.717) is 12.0 Å². The SMILES string of the molecule is CCCc1ccc2ccc(S(=O)(=O)[O-])c(CCC)c2c1.[K+]. The molecule has 0 radical (unpaired) electrons. The summed E-state index contributed by atoms with van der Waals surface area (Å²) in [6.07, 6.45) is 3.40. The molecule has 0 amide bonds. The topological polar surface area (TPSA) is 57.2 Å². The Morgan fingerprint density at radius 2 is 1.62 bits per heavy atom. The third-order valence-corrected chi connectivity index (χ3v) is 4.38. The summed E-state index contributed by atoms with van der Waals surface area (Å²) >= 11 is 0. The molecule has 0 spiro atoms. The Kier molecular flexibility index (Phi) is 7.53. The first-order valence-corrected chi connectivity index (χ1v) is 8.38. The van der Waals surface area contributed by atoms with Crippen LogP contribution in [-0.2, 0) is 23.0 Å². The molecule has 0 aliphatic carbocycles. The van der Waals surface area contributed by atoms with E-state index in [4.69, 9.17) is 0 Å². The third-order valence-electron chi connectivity index (χ3n) is 3.46. The predicted octanol–water partition coefficient (Wildman–Crippen LogP) is 0.653. The minimum absolute atomic E-state index is 0. The molecule has 2 aromatic carbocycles. The van der Waals surface area contributed by atoms with Gasteiger partial charge in [0.25, 0.3) is 0 Å². The Morgan fingerprint density at radius 1 is 1.00 bits per heavy atom. The molecule has 0 unspecified atom stereocenters. The van der Waals surface area contributed by atoms with Gasteiger partial charge in [0.2, 0.25) is 0 Å². The van der Waals surface area contributed by atoms with E-state index in [2.05, 4.69) is 13.0 Å². The second-order valence-electron chi connectivity index (χ2n) is 5.05. The van der Waals surface area contributed by atoms with Crippen molar-refractivity contribution in [2.75, 3.05) is 0 Å². The maximum Gasteiger partial charge on any atom is 1.00 e. The first-order valence-electron chi connectivity index (χ1n) is 6.97. The van der Waals surface area contributed by atoms with Gasteiger partial charge in [0.1, 0.15) is 10.1 Å². The Balaban J connectivity index is 0.00000220. The maximum atomic E-state index is 11.4. The molecule has 0 aromatic heterocycles. The minimum Gasteiger partial charge on any atom is -0.744 e. The van der Waals surface area contributed by atoms with Crippen LogP contribution < -0.4 is 51.4 Å². The van der Waals surface area contributed by atoms with Crippen LogP contribution in [0.4, 0.5) is 0 Å². The number of aryl methyl sites for hydroxylation is 2. The van der Waals surface area contributed by atoms with E-state index in [9.17, 15) is 13.0 Å². The molecule has 2 rings (SSSR count). The molecule has 2 aromatic rings. The Bertz CT molecular complexity index is 724. The summed E-state index contributed by atoms with van der Waals surface area (Å²) in [5.74, 6) is 0. The van der Waals surface area contributed by atoms with Crippen molar-refractivity contribution < 1.29 is 64.4 Å². The summed E-state index contributed by atoms with van der Waals surface area (Å²) in [5, 5.41) is 1.88. The first kappa shape index (κ1) is 19.3. The van der Waals surface area contributed by atoms with Crippen LogP contribution in [0.15, 0.2) is 35.2 Å². The van der Waals surface area contributed by atoms with Gasteiger partial charge in [-0.1, -0.05) is 51.0 Å². The zero-order chi connectivity index (χ0) is 14.8. The van der Waals surface area contributed by atoms with E-state index in [1.807, 2.05) is 19.1 Å². The van der Waals surface area contributed by atoms with E-state index in [0.717, 1.165) is 30.0 Å². The van der Waals surface area contributed by atoms with Gasteiger partial charge in [-0.25, -0.2) is 8.42 Å². The van der Waals surface area contributed by atoms with Gasteiger partial charge in [-0.15, -0.1) is 0 Å². The summed E-state index contributed by atoms with van der Waals surface area (Å²) in [6, 6.07) is 9.25. The summed E-state index contributed by atoms with van der Waals surface area (Å²) < 4.78 is 34.3. The molecular formula is C16H19KO3S. The Hall–Kier alpha value is 0.246. The van der Waals surface area contributed by atoms with E-state index in [1.54, 1.807) is 6.07 Å². The largest absolute Gasteiger partial charge is 1.00 e. The van der Waals surface area contributed by atoms with Crippen molar-refractivity contribution in [2.24, 2.45) is 0 Å². The van der Waals surface area contributed by atoms with E-state index >= 15 is 0 Å². The molecule has 0 heterocycles. The molecular weight excluding hydrogens is 311 g/mol. The van der Waals surface area contributed by atoms with Crippen molar-refractivity contribution in [1.29, 1.82) is 0 Å². The van der Waals surface area contributed by atoms with Crippen LogP contribution in [0.25, 0.3) is 10.8 Å². The van der Waals surface area contributed by atoms with Gasteiger partial charge >= 0.3 is 51.4 Å². The molecule has 0 aliphatic rings. The predicted molar refractivity (Wildman–Crippen MR) is 79.9 cm³/mol. The van der Waals surface area contributed by atoms with Gasteiger partial charge in [-0.3, -0.25) is 0 Å². The summed E-state index contributed by atoms with van der Waals surface area (Å²) in [6.45, 7) is 4.09. The minimum atomic E-state index is -4.42. The van der Waals surface area contributed by atoms with Gasteiger partial charge in [-0.2, -0.15) is 0 Å². The summed E-state index contributed by atoms with van der Waals surface area (Å²) in [4.78, 5) is -0.0690. The number of rotatable bonds is 5. The van der Waals surface area contributed by atoms with Gasteiger partial charge in [0.05, 0.1) is 4.90 Å². The van der Waals surface area contributed by atoms with Crippen molar-refractivity contribution in [2.45, 2.75) is 44.4 Å². The van der Waals surface area contributed by atoms with Crippen molar-refractivity contribution >= 4 is 20.9 Å². The average molecular weight is 330 g/mol. The number of benzene rings is 2. The molecule has 0 saturated carbocycles. The number of hydrogen-bond donors (Lipinski definition) is 0. The fourth-order valence-electron chi connectivity index (χ4n) is 2.60. The molecule has 0 aliphatic heterocycles. The molecule has 21 heavy (non-hydrogen) atoms. The third kappa shape index (κ3) is 4.61. The van der Waals surface area contributed by atoms with E-state index < -0.39 is 10.1 Å². The number of hydrogen-bond acceptors (Lipinski definition) is 3. The smallest absolute Gasteiger partial charge is 0.744 e. The monoisotopic (exact) mass is 330 g/mol. The quantitative estimate of drug-likeness (QED) is 0.597. The zero-order valence-corrected chi connectivity index (χ0v) is 16.8. The van der Waals surface area contributed by atoms with Crippen molar-refractivity contribution in [1.82, 2.24) is 0 Å². The average Bonchev–Trinajstić information content (AvgIpc) is 2.38. The first-order chi connectivity index (χ1) is 9.47. The van der Waals surface area contributed by atoms with Gasteiger partial charge in [-0.05, 0) is 40.8 Å². The second-order valence-corrected chi connectivity index (χ2v) is 6.40. The molecule has 0 bridgehead atoms. The molecule has 108 valence electrons. The van der Waals surface area contributed by atoms with Gasteiger partial charge in [0.15, 0.2) is 0 Å². The van der Waals surface area contributed by atoms with Crippen molar-refractivity contribution in [3.63, 3.8) is 0 Å². The van der Waals surface area contributed by atoms with E-state index in [-0.39, 0.29) is 56.3 Å². The van der Waals surface area contributed by atoms with Crippen molar-refractivity contribution in [3.05, 3.63) is 41.5 Å². The fourth-order valence-corrected chi connectivity index (χ4v) is 3.34. The molecule has 0 atom stereocenters. The summed E-state index contributed by atoms with van der Waals surface area (Å²) in [5.41, 5.74) is 1.84. The Labute approximate surface area is 169 Å². The van der Waals surface area contributed by atoms with Crippen molar-refractivity contribution in [3.8, 4) is 0 Å². The second kappa shape index (κ2) is 8.20. The molecule has 3 nitrogen and oxygen atoms in total. The molecule has 5 heteroatoms. The fraction of sp³-hybridized carbons (Fsp3) is 0.375. The van der Waals surface area contributed by atoms with E-state index in [1.165, 1.54) is 11.6 Å². The molecule has 0 saturated heterocycles. The van der Waals surface area contributed by atoms with Gasteiger partial charge in [0, 0.05) is 0 Å². The van der Waals surface area contributed by atoms with Crippen LogP contribution in [0.1, 0.15) is 37.8 Å². The van der Waals surface area contributed by atoms with Crippen LogP contribution in [0, 0.1) is 0 Å². The van der Waals surface area contributed by atoms with Crippen LogP contribution in [0.5, 0.6) is 0 Å². The van der Waals surface area contributed by atoms with Gasteiger partial charge < -0.3 is 4.55 Å². The summed E-state index contributed by atoms with van der Waals surface area (Å²) in [7, 11) is -4.42. The normalized spacial score (nSPS) is 11.4. The van der Waals surface area contributed by atoms with Crippen LogP contribution in [0.3, 0.4) is 0 Å². The maximum absolute atomic E-state index is 11.4.